The molecule has 4 N–H and O–H groups in total. The van der Waals surface area contributed by atoms with E-state index < -0.39 is 11.5 Å². The Hall–Kier alpha value is -1.60. The third kappa shape index (κ3) is 2.48. The van der Waals surface area contributed by atoms with E-state index in [2.05, 4.69) is 16.1 Å². The molecule has 0 aromatic rings. The Morgan fingerprint density at radius 2 is 2.00 bits per heavy atom. The molecule has 0 radical (unpaired) electrons. The fourth-order valence-corrected chi connectivity index (χ4v) is 3.24. The van der Waals surface area contributed by atoms with E-state index in [1.807, 2.05) is 0 Å². The van der Waals surface area contributed by atoms with E-state index >= 15 is 0 Å². The average molecular weight is 309 g/mol. The molecule has 7 heteroatoms. The lowest BCUT2D eigenvalue weighted by atomic mass is 9.88. The van der Waals surface area contributed by atoms with Crippen LogP contribution in [0.15, 0.2) is 11.5 Å². The molecular formula is C15H23N3O4. The van der Waals surface area contributed by atoms with Gasteiger partial charge in [-0.25, -0.2) is 0 Å². The molecule has 1 unspecified atom stereocenters. The first-order chi connectivity index (χ1) is 10.6. The molecule has 0 spiro atoms. The second kappa shape index (κ2) is 5.89. The zero-order valence-corrected chi connectivity index (χ0v) is 12.8. The quantitative estimate of drug-likeness (QED) is 0.582. The highest BCUT2D eigenvalue weighted by molar-refractivity contribution is 5.98. The minimum absolute atomic E-state index is 0.0211. The molecule has 3 aliphatic rings. The predicted molar refractivity (Wildman–Crippen MR) is 78.7 cm³/mol. The maximum atomic E-state index is 12.4. The Morgan fingerprint density at radius 1 is 1.32 bits per heavy atom. The van der Waals surface area contributed by atoms with E-state index in [4.69, 9.17) is 4.84 Å². The van der Waals surface area contributed by atoms with Gasteiger partial charge in [0.1, 0.15) is 0 Å². The van der Waals surface area contributed by atoms with Crippen molar-refractivity contribution in [3.8, 4) is 0 Å². The fraction of sp³-hybridized carbons (Fsp3) is 0.733. The molecule has 1 amide bonds. The van der Waals surface area contributed by atoms with Crippen LogP contribution in [0, 0.1) is 5.92 Å². The minimum atomic E-state index is -1.37. The first-order valence-electron chi connectivity index (χ1n) is 8.02. The summed E-state index contributed by atoms with van der Waals surface area (Å²) in [6.07, 6.45) is 3.59. The van der Waals surface area contributed by atoms with Crippen molar-refractivity contribution in [2.45, 2.75) is 50.7 Å². The molecular weight excluding hydrogens is 286 g/mol. The van der Waals surface area contributed by atoms with Crippen LogP contribution in [0.2, 0.25) is 0 Å². The molecule has 0 bridgehead atoms. The number of piperidine rings is 1. The average Bonchev–Trinajstić information content (AvgIpc) is 3.32. The van der Waals surface area contributed by atoms with Gasteiger partial charge in [0.2, 0.25) is 5.60 Å². The molecule has 1 aliphatic carbocycles. The molecule has 22 heavy (non-hydrogen) atoms. The number of nitrogens with one attached hydrogen (secondary N) is 3. The Kier molecular flexibility index (Phi) is 4.10. The van der Waals surface area contributed by atoms with Gasteiger partial charge in [0.15, 0.2) is 17.2 Å². The number of aliphatic hydroxyl groups is 1. The van der Waals surface area contributed by atoms with Gasteiger partial charge in [-0.1, -0.05) is 6.92 Å². The van der Waals surface area contributed by atoms with Crippen LogP contribution < -0.4 is 16.1 Å². The number of ketones is 1. The molecule has 1 saturated carbocycles. The van der Waals surface area contributed by atoms with E-state index in [9.17, 15) is 14.7 Å². The highest BCUT2D eigenvalue weighted by Gasteiger charge is 2.59. The van der Waals surface area contributed by atoms with Gasteiger partial charge in [0.05, 0.1) is 0 Å². The van der Waals surface area contributed by atoms with Crippen LogP contribution >= 0.6 is 0 Å². The van der Waals surface area contributed by atoms with E-state index in [1.165, 1.54) is 0 Å². The van der Waals surface area contributed by atoms with E-state index in [-0.39, 0.29) is 35.6 Å². The molecule has 0 aromatic carbocycles. The van der Waals surface area contributed by atoms with Gasteiger partial charge in [-0.2, -0.15) is 0 Å². The molecule has 1 saturated heterocycles. The van der Waals surface area contributed by atoms with Crippen LogP contribution in [0.4, 0.5) is 0 Å². The van der Waals surface area contributed by atoms with Crippen molar-refractivity contribution >= 4 is 11.7 Å². The summed E-state index contributed by atoms with van der Waals surface area (Å²) in [5.74, 6) is -0.898. The summed E-state index contributed by atoms with van der Waals surface area (Å²) in [4.78, 5) is 30.1. The number of amides is 1. The second-order valence-electron chi connectivity index (χ2n) is 6.21. The topological polar surface area (TPSA) is 99.7 Å². The van der Waals surface area contributed by atoms with E-state index in [1.54, 1.807) is 6.92 Å². The molecule has 2 fully saturated rings. The number of carbonyl (C=O) groups is 2. The van der Waals surface area contributed by atoms with E-state index in [0.29, 0.717) is 0 Å². The summed E-state index contributed by atoms with van der Waals surface area (Å²) in [6.45, 7) is 3.46. The summed E-state index contributed by atoms with van der Waals surface area (Å²) in [6, 6.07) is 0.0775. The van der Waals surface area contributed by atoms with Crippen molar-refractivity contribution in [1.29, 1.82) is 0 Å². The predicted octanol–water partition coefficient (Wildman–Crippen LogP) is 0.287. The molecule has 3 rings (SSSR count). The van der Waals surface area contributed by atoms with Crippen molar-refractivity contribution in [1.82, 2.24) is 16.1 Å². The maximum absolute atomic E-state index is 12.4. The minimum Gasteiger partial charge on any atom is -0.506 e. The van der Waals surface area contributed by atoms with Gasteiger partial charge in [0.25, 0.3) is 5.91 Å². The van der Waals surface area contributed by atoms with Crippen LogP contribution in [-0.2, 0) is 14.4 Å². The fourth-order valence-electron chi connectivity index (χ4n) is 3.24. The number of hydrogen-bond acceptors (Lipinski definition) is 6. The lowest BCUT2D eigenvalue weighted by Crippen LogP contribution is -2.44. The summed E-state index contributed by atoms with van der Waals surface area (Å²) in [5.41, 5.74) is 1.12. The summed E-state index contributed by atoms with van der Waals surface area (Å²) in [5, 5.41) is 16.6. The van der Waals surface area contributed by atoms with Crippen molar-refractivity contribution < 1.29 is 19.5 Å². The van der Waals surface area contributed by atoms with Gasteiger partial charge in [0, 0.05) is 18.4 Å². The number of aliphatic hydroxyl groups excluding tert-OH is 1. The van der Waals surface area contributed by atoms with Crippen LogP contribution in [0.3, 0.4) is 0 Å². The molecule has 122 valence electrons. The lowest BCUT2D eigenvalue weighted by molar-refractivity contribution is -0.149. The van der Waals surface area contributed by atoms with E-state index in [0.717, 1.165) is 38.8 Å². The number of hydrogen-bond donors (Lipinski definition) is 4. The first kappa shape index (κ1) is 15.3. The van der Waals surface area contributed by atoms with Gasteiger partial charge in [-0.05, 0) is 38.8 Å². The smallest absolute Gasteiger partial charge is 0.273 e. The SMILES string of the molecule is CCC(=O)C1(C2CC2)ONC(C(=O)NC2CCNCC2)=C1O. The summed E-state index contributed by atoms with van der Waals surface area (Å²) in [7, 11) is 0. The summed E-state index contributed by atoms with van der Waals surface area (Å²) >= 11 is 0. The van der Waals surface area contributed by atoms with Crippen LogP contribution in [0.1, 0.15) is 39.0 Å². The number of rotatable bonds is 5. The van der Waals surface area contributed by atoms with Gasteiger partial charge < -0.3 is 15.7 Å². The number of hydroxylamine groups is 1. The molecule has 1 atom stereocenters. The Balaban J connectivity index is 1.77. The Labute approximate surface area is 129 Å². The van der Waals surface area contributed by atoms with Crippen LogP contribution in [0.25, 0.3) is 0 Å². The second-order valence-corrected chi connectivity index (χ2v) is 6.21. The van der Waals surface area contributed by atoms with Crippen molar-refractivity contribution in [3.05, 3.63) is 11.5 Å². The third-order valence-corrected chi connectivity index (χ3v) is 4.69. The Morgan fingerprint density at radius 3 is 2.59 bits per heavy atom. The largest absolute Gasteiger partial charge is 0.506 e. The standard InChI is InChI=1S/C15H23N3O4/c1-2-11(19)15(9-3-4-9)13(20)12(18-22-15)14(21)17-10-5-7-16-8-6-10/h9-10,16,18,20H,2-8H2,1H3,(H,17,21). The third-order valence-electron chi connectivity index (χ3n) is 4.69. The Bertz CT molecular complexity index is 509. The normalized spacial score (nSPS) is 29.3. The highest BCUT2D eigenvalue weighted by Crippen LogP contribution is 2.48. The van der Waals surface area contributed by atoms with Crippen molar-refractivity contribution in [3.63, 3.8) is 0 Å². The molecule has 2 heterocycles. The molecule has 0 aromatic heterocycles. The van der Waals surface area contributed by atoms with Crippen LogP contribution in [-0.4, -0.2) is 41.5 Å². The molecule has 2 aliphatic heterocycles. The monoisotopic (exact) mass is 309 g/mol. The molecule has 7 nitrogen and oxygen atoms in total. The highest BCUT2D eigenvalue weighted by atomic mass is 16.7. The van der Waals surface area contributed by atoms with Gasteiger partial charge in [-0.15, -0.1) is 0 Å². The first-order valence-corrected chi connectivity index (χ1v) is 8.02. The van der Waals surface area contributed by atoms with Gasteiger partial charge in [-0.3, -0.25) is 19.9 Å². The maximum Gasteiger partial charge on any atom is 0.273 e. The van der Waals surface area contributed by atoms with Crippen molar-refractivity contribution in [2.24, 2.45) is 5.92 Å². The summed E-state index contributed by atoms with van der Waals surface area (Å²) < 4.78 is 0. The van der Waals surface area contributed by atoms with Crippen molar-refractivity contribution in [2.75, 3.05) is 13.1 Å². The zero-order chi connectivity index (χ0) is 15.7. The van der Waals surface area contributed by atoms with Crippen LogP contribution in [0.5, 0.6) is 0 Å². The zero-order valence-electron chi connectivity index (χ0n) is 12.8. The van der Waals surface area contributed by atoms with Gasteiger partial charge >= 0.3 is 0 Å². The number of carbonyl (C=O) groups excluding carboxylic acids is 2. The number of Topliss-reactive ketones (excluding diaryl/α,β-unsaturated/α-hetero) is 1. The lowest BCUT2D eigenvalue weighted by Gasteiger charge is -2.24.